The average molecular weight is 304 g/mol. The van der Waals surface area contributed by atoms with Gasteiger partial charge in [0.2, 0.25) is 0 Å². The van der Waals surface area contributed by atoms with Gasteiger partial charge in [0.05, 0.1) is 14.2 Å². The van der Waals surface area contributed by atoms with Gasteiger partial charge in [0.25, 0.3) is 0 Å². The first kappa shape index (κ1) is 18.7. The summed E-state index contributed by atoms with van der Waals surface area (Å²) < 4.78 is 8.88. The van der Waals surface area contributed by atoms with Crippen LogP contribution in [0.1, 0.15) is 13.3 Å². The second kappa shape index (κ2) is 8.77. The molecule has 0 aromatic rings. The predicted molar refractivity (Wildman–Crippen MR) is 70.5 cm³/mol. The van der Waals surface area contributed by atoms with Crippen LogP contribution >= 0.6 is 0 Å². The normalized spacial score (nSPS) is 11.2. The quantitative estimate of drug-likeness (QED) is 0.634. The number of hydrogen-bond acceptors (Lipinski definition) is 6. The van der Waals surface area contributed by atoms with Crippen LogP contribution in [0.5, 0.6) is 0 Å². The van der Waals surface area contributed by atoms with Crippen LogP contribution in [0.15, 0.2) is 0 Å². The zero-order valence-corrected chi connectivity index (χ0v) is 12.5. The lowest BCUT2D eigenvalue weighted by Gasteiger charge is -2.29. The van der Waals surface area contributed by atoms with Gasteiger partial charge in [0.1, 0.15) is 19.1 Å². The van der Waals surface area contributed by atoms with Crippen molar-refractivity contribution < 1.29 is 33.8 Å². The molecule has 0 aromatic carbocycles. The van der Waals surface area contributed by atoms with Crippen molar-refractivity contribution in [1.82, 2.24) is 9.80 Å². The lowest BCUT2D eigenvalue weighted by atomic mass is 10.2. The second-order valence-corrected chi connectivity index (χ2v) is 4.16. The highest BCUT2D eigenvalue weighted by atomic mass is 16.5. The van der Waals surface area contributed by atoms with Gasteiger partial charge in [-0.05, 0) is 6.42 Å². The van der Waals surface area contributed by atoms with Gasteiger partial charge in [-0.1, -0.05) is 6.92 Å². The highest BCUT2D eigenvalue weighted by Crippen LogP contribution is 2.07. The molecule has 2 amide bonds. The van der Waals surface area contributed by atoms with E-state index in [-0.39, 0.29) is 6.42 Å². The molecule has 0 fully saturated rings. The number of carbonyl (C=O) groups excluding carboxylic acids is 3. The summed E-state index contributed by atoms with van der Waals surface area (Å²) in [7, 11) is 3.56. The van der Waals surface area contributed by atoms with Crippen molar-refractivity contribution in [3.63, 3.8) is 0 Å². The van der Waals surface area contributed by atoms with Gasteiger partial charge in [0, 0.05) is 7.05 Å². The van der Waals surface area contributed by atoms with Crippen LogP contribution < -0.4 is 0 Å². The van der Waals surface area contributed by atoms with Crippen LogP contribution in [0, 0.1) is 0 Å². The number of amides is 2. The van der Waals surface area contributed by atoms with Gasteiger partial charge < -0.3 is 24.4 Å². The maximum Gasteiger partial charge on any atom is 0.326 e. The summed E-state index contributed by atoms with van der Waals surface area (Å²) in [6.45, 7) is 0.642. The zero-order chi connectivity index (χ0) is 16.6. The molecular weight excluding hydrogens is 284 g/mol. The molecule has 1 atom stereocenters. The topological polar surface area (TPSA) is 113 Å². The standard InChI is InChI=1S/C12H20N2O7/c1-5-8(11(17)18)13(2)12(19)14(6-9(15)20-3)7-10(16)21-4/h8H,5-7H2,1-4H3,(H,17,18). The Kier molecular flexibility index (Phi) is 7.80. The summed E-state index contributed by atoms with van der Waals surface area (Å²) in [5.74, 6) is -2.64. The molecule has 0 radical (unpaired) electrons. The number of carbonyl (C=O) groups is 4. The van der Waals surface area contributed by atoms with Gasteiger partial charge in [0.15, 0.2) is 0 Å². The van der Waals surface area contributed by atoms with E-state index in [0.717, 1.165) is 24.0 Å². The summed E-state index contributed by atoms with van der Waals surface area (Å²) in [5.41, 5.74) is 0. The lowest BCUT2D eigenvalue weighted by Crippen LogP contribution is -2.51. The van der Waals surface area contributed by atoms with Gasteiger partial charge in [-0.25, -0.2) is 9.59 Å². The Hall–Kier alpha value is -2.32. The van der Waals surface area contributed by atoms with E-state index >= 15 is 0 Å². The Labute approximate surface area is 122 Å². The van der Waals surface area contributed by atoms with Crippen LogP contribution in [0.4, 0.5) is 4.79 Å². The molecule has 0 spiro atoms. The van der Waals surface area contributed by atoms with Crippen molar-refractivity contribution in [2.45, 2.75) is 19.4 Å². The highest BCUT2D eigenvalue weighted by molar-refractivity contribution is 5.87. The molecule has 0 saturated carbocycles. The summed E-state index contributed by atoms with van der Waals surface area (Å²) in [4.78, 5) is 47.7. The molecule has 0 aliphatic heterocycles. The number of aliphatic carboxylic acids is 1. The second-order valence-electron chi connectivity index (χ2n) is 4.16. The average Bonchev–Trinajstić information content (AvgIpc) is 2.45. The van der Waals surface area contributed by atoms with Crippen LogP contribution in [-0.2, 0) is 23.9 Å². The Morgan fingerprint density at radius 2 is 1.48 bits per heavy atom. The van der Waals surface area contributed by atoms with Gasteiger partial charge in [-0.3, -0.25) is 9.59 Å². The van der Waals surface area contributed by atoms with Crippen molar-refractivity contribution in [2.75, 3.05) is 34.4 Å². The van der Waals surface area contributed by atoms with Gasteiger partial charge >= 0.3 is 23.9 Å². The first-order chi connectivity index (χ1) is 9.78. The number of methoxy groups -OCH3 is 2. The van der Waals surface area contributed by atoms with Crippen molar-refractivity contribution >= 4 is 23.9 Å². The largest absolute Gasteiger partial charge is 0.480 e. The number of likely N-dealkylation sites (N-methyl/N-ethyl adjacent to an activating group) is 1. The fourth-order valence-corrected chi connectivity index (χ4v) is 1.60. The molecule has 0 heterocycles. The SMILES string of the molecule is CCC(C(=O)O)N(C)C(=O)N(CC(=O)OC)CC(=O)OC. The molecule has 9 nitrogen and oxygen atoms in total. The van der Waals surface area contributed by atoms with E-state index < -0.39 is 43.1 Å². The van der Waals surface area contributed by atoms with Gasteiger partial charge in [-0.15, -0.1) is 0 Å². The van der Waals surface area contributed by atoms with Crippen LogP contribution in [0.2, 0.25) is 0 Å². The third-order valence-electron chi connectivity index (χ3n) is 2.81. The van der Waals surface area contributed by atoms with E-state index in [4.69, 9.17) is 5.11 Å². The molecule has 9 heteroatoms. The minimum absolute atomic E-state index is 0.182. The van der Waals surface area contributed by atoms with Crippen molar-refractivity contribution in [3.8, 4) is 0 Å². The smallest absolute Gasteiger partial charge is 0.326 e. The number of carboxylic acids is 1. The summed E-state index contributed by atoms with van der Waals surface area (Å²) in [5, 5.41) is 9.03. The van der Waals surface area contributed by atoms with Crippen LogP contribution in [0.25, 0.3) is 0 Å². The van der Waals surface area contributed by atoms with Gasteiger partial charge in [-0.2, -0.15) is 0 Å². The molecular formula is C12H20N2O7. The molecule has 1 N–H and O–H groups in total. The molecule has 0 aromatic heterocycles. The molecule has 1 unspecified atom stereocenters. The van der Waals surface area contributed by atoms with E-state index in [1.807, 2.05) is 0 Å². The van der Waals surface area contributed by atoms with Crippen molar-refractivity contribution in [1.29, 1.82) is 0 Å². The van der Waals surface area contributed by atoms with E-state index in [2.05, 4.69) is 9.47 Å². The Bertz CT molecular complexity index is 392. The maximum atomic E-state index is 12.2. The number of carboxylic acid groups (broad SMARTS) is 1. The zero-order valence-electron chi connectivity index (χ0n) is 12.5. The molecule has 21 heavy (non-hydrogen) atoms. The Balaban J connectivity index is 5.11. The fourth-order valence-electron chi connectivity index (χ4n) is 1.60. The molecule has 0 aliphatic carbocycles. The minimum atomic E-state index is -1.18. The van der Waals surface area contributed by atoms with Crippen LogP contribution in [-0.4, -0.2) is 79.2 Å². The number of urea groups is 1. The first-order valence-electron chi connectivity index (χ1n) is 6.16. The molecule has 0 saturated heterocycles. The summed E-state index contributed by atoms with van der Waals surface area (Å²) in [6, 6.07) is -1.84. The van der Waals surface area contributed by atoms with Crippen molar-refractivity contribution in [2.24, 2.45) is 0 Å². The van der Waals surface area contributed by atoms with E-state index in [1.54, 1.807) is 6.92 Å². The summed E-state index contributed by atoms with van der Waals surface area (Å²) in [6.07, 6.45) is 0.182. The summed E-state index contributed by atoms with van der Waals surface area (Å²) >= 11 is 0. The molecule has 0 rings (SSSR count). The number of esters is 2. The minimum Gasteiger partial charge on any atom is -0.480 e. The number of rotatable bonds is 7. The lowest BCUT2D eigenvalue weighted by molar-refractivity contribution is -0.144. The fraction of sp³-hybridized carbons (Fsp3) is 0.667. The third kappa shape index (κ3) is 5.67. The first-order valence-corrected chi connectivity index (χ1v) is 6.16. The Morgan fingerprint density at radius 1 is 1.05 bits per heavy atom. The van der Waals surface area contributed by atoms with E-state index in [1.165, 1.54) is 7.05 Å². The molecule has 0 bridgehead atoms. The third-order valence-corrected chi connectivity index (χ3v) is 2.81. The molecule has 120 valence electrons. The predicted octanol–water partition coefficient (Wildman–Crippen LogP) is -0.451. The van der Waals surface area contributed by atoms with Crippen molar-refractivity contribution in [3.05, 3.63) is 0 Å². The number of ether oxygens (including phenoxy) is 2. The number of hydrogen-bond donors (Lipinski definition) is 1. The van der Waals surface area contributed by atoms with Crippen LogP contribution in [0.3, 0.4) is 0 Å². The Morgan fingerprint density at radius 3 is 1.76 bits per heavy atom. The monoisotopic (exact) mass is 304 g/mol. The number of nitrogens with zero attached hydrogens (tertiary/aromatic N) is 2. The maximum absolute atomic E-state index is 12.2. The molecule has 0 aliphatic rings. The van der Waals surface area contributed by atoms with E-state index in [0.29, 0.717) is 0 Å². The highest BCUT2D eigenvalue weighted by Gasteiger charge is 2.30. The van der Waals surface area contributed by atoms with E-state index in [9.17, 15) is 19.2 Å².